The summed E-state index contributed by atoms with van der Waals surface area (Å²) < 4.78 is 31.2. The van der Waals surface area contributed by atoms with Gasteiger partial charge in [-0.2, -0.15) is 0 Å². The highest BCUT2D eigenvalue weighted by Gasteiger charge is 2.14. The molecule has 0 aliphatic carbocycles. The van der Waals surface area contributed by atoms with Crippen molar-refractivity contribution in [1.29, 1.82) is 0 Å². The maximum absolute atomic E-state index is 12.0. The third kappa shape index (κ3) is 7.11. The lowest BCUT2D eigenvalue weighted by atomic mass is 10.2. The fraction of sp³-hybridized carbons (Fsp3) is 0.562. The number of hydrogen-bond acceptors (Lipinski definition) is 4. The van der Waals surface area contributed by atoms with E-state index >= 15 is 0 Å². The minimum atomic E-state index is -3.56. The van der Waals surface area contributed by atoms with Gasteiger partial charge in [0.15, 0.2) is 0 Å². The summed E-state index contributed by atoms with van der Waals surface area (Å²) in [6, 6.07) is 5.90. The number of carbonyl (C=O) groups excluding carboxylic acids is 1. The summed E-state index contributed by atoms with van der Waals surface area (Å²) in [4.78, 5) is 12.1. The Morgan fingerprint density at radius 1 is 1.09 bits per heavy atom. The predicted molar refractivity (Wildman–Crippen MR) is 90.0 cm³/mol. The van der Waals surface area contributed by atoms with Crippen LogP contribution in [0.3, 0.4) is 0 Å². The van der Waals surface area contributed by atoms with Gasteiger partial charge in [0, 0.05) is 25.8 Å². The number of benzene rings is 1. The molecule has 0 saturated heterocycles. The molecule has 0 radical (unpaired) electrons. The number of nitrogens with one attached hydrogen (secondary N) is 2. The van der Waals surface area contributed by atoms with Crippen molar-refractivity contribution in [3.63, 3.8) is 0 Å². The summed E-state index contributed by atoms with van der Waals surface area (Å²) >= 11 is 0. The Hall–Kier alpha value is -1.44. The van der Waals surface area contributed by atoms with Crippen LogP contribution in [0.15, 0.2) is 29.2 Å². The van der Waals surface area contributed by atoms with Crippen LogP contribution < -0.4 is 10.0 Å². The molecule has 0 fully saturated rings. The number of methoxy groups -OCH3 is 1. The highest BCUT2D eigenvalue weighted by molar-refractivity contribution is 7.89. The normalized spacial score (nSPS) is 11.4. The zero-order chi connectivity index (χ0) is 17.1. The van der Waals surface area contributed by atoms with Gasteiger partial charge in [0.2, 0.25) is 10.0 Å². The van der Waals surface area contributed by atoms with E-state index in [1.807, 2.05) is 0 Å². The lowest BCUT2D eigenvalue weighted by molar-refractivity contribution is 0.0953. The van der Waals surface area contributed by atoms with Gasteiger partial charge < -0.3 is 10.1 Å². The standard InChI is InChI=1S/C16H26N2O4S/c1-3-4-5-6-11-17-16(19)14-7-9-15(10-8-14)23(20,21)18-12-13-22-2/h7-10,18H,3-6,11-13H2,1-2H3,(H,17,19). The maximum Gasteiger partial charge on any atom is 0.251 e. The largest absolute Gasteiger partial charge is 0.383 e. The van der Waals surface area contributed by atoms with Crippen molar-refractivity contribution in [3.05, 3.63) is 29.8 Å². The van der Waals surface area contributed by atoms with Gasteiger partial charge in [-0.25, -0.2) is 13.1 Å². The fourth-order valence-corrected chi connectivity index (χ4v) is 3.02. The summed E-state index contributed by atoms with van der Waals surface area (Å²) in [7, 11) is -2.06. The smallest absolute Gasteiger partial charge is 0.251 e. The number of unbranched alkanes of at least 4 members (excludes halogenated alkanes) is 3. The lowest BCUT2D eigenvalue weighted by Gasteiger charge is -2.08. The van der Waals surface area contributed by atoms with Crippen LogP contribution >= 0.6 is 0 Å². The van der Waals surface area contributed by atoms with Crippen LogP contribution in [0, 0.1) is 0 Å². The molecule has 1 rings (SSSR count). The first-order valence-corrected chi connectivity index (χ1v) is 9.36. The average molecular weight is 342 g/mol. The Kier molecular flexibility index (Phi) is 8.83. The predicted octanol–water partition coefficient (Wildman–Crippen LogP) is 1.92. The fourth-order valence-electron chi connectivity index (χ4n) is 2.00. The van der Waals surface area contributed by atoms with E-state index < -0.39 is 10.0 Å². The zero-order valence-corrected chi connectivity index (χ0v) is 14.6. The Bertz CT molecular complexity index is 570. The minimum Gasteiger partial charge on any atom is -0.383 e. The van der Waals surface area contributed by atoms with Crippen molar-refractivity contribution in [2.75, 3.05) is 26.8 Å². The highest BCUT2D eigenvalue weighted by atomic mass is 32.2. The molecule has 0 saturated carbocycles. The molecule has 0 unspecified atom stereocenters. The van der Waals surface area contributed by atoms with E-state index in [-0.39, 0.29) is 17.3 Å². The third-order valence-corrected chi connectivity index (χ3v) is 4.82. The molecule has 1 amide bonds. The maximum atomic E-state index is 12.0. The molecule has 0 aliphatic rings. The monoisotopic (exact) mass is 342 g/mol. The second kappa shape index (κ2) is 10.4. The van der Waals surface area contributed by atoms with Crippen LogP contribution in [0.2, 0.25) is 0 Å². The number of sulfonamides is 1. The number of ether oxygens (including phenoxy) is 1. The molecule has 0 bridgehead atoms. The van der Waals surface area contributed by atoms with Gasteiger partial charge in [-0.3, -0.25) is 4.79 Å². The van der Waals surface area contributed by atoms with Crippen molar-refractivity contribution in [3.8, 4) is 0 Å². The van der Waals surface area contributed by atoms with Gasteiger partial charge in [-0.15, -0.1) is 0 Å². The summed E-state index contributed by atoms with van der Waals surface area (Å²) in [5, 5.41) is 2.84. The molecular weight excluding hydrogens is 316 g/mol. The molecule has 23 heavy (non-hydrogen) atoms. The molecule has 1 aromatic carbocycles. The molecule has 130 valence electrons. The number of amides is 1. The van der Waals surface area contributed by atoms with Crippen LogP contribution in [0.25, 0.3) is 0 Å². The molecule has 0 heterocycles. The molecule has 1 aromatic rings. The van der Waals surface area contributed by atoms with Crippen molar-refractivity contribution in [2.45, 2.75) is 37.5 Å². The molecule has 0 aromatic heterocycles. The molecule has 7 heteroatoms. The summed E-state index contributed by atoms with van der Waals surface area (Å²) in [5.41, 5.74) is 0.455. The van der Waals surface area contributed by atoms with Gasteiger partial charge in [-0.05, 0) is 30.7 Å². The second-order valence-electron chi connectivity index (χ2n) is 5.23. The van der Waals surface area contributed by atoms with E-state index in [1.165, 1.54) is 37.8 Å². The van der Waals surface area contributed by atoms with Crippen LogP contribution in [-0.4, -0.2) is 41.1 Å². The van der Waals surface area contributed by atoms with Crippen molar-refractivity contribution in [2.24, 2.45) is 0 Å². The SMILES string of the molecule is CCCCCCNC(=O)c1ccc(S(=O)(=O)NCCOC)cc1. The number of hydrogen-bond donors (Lipinski definition) is 2. The Balaban J connectivity index is 2.53. The number of carbonyl (C=O) groups is 1. The summed E-state index contributed by atoms with van der Waals surface area (Å²) in [6.45, 7) is 3.28. The van der Waals surface area contributed by atoms with E-state index in [4.69, 9.17) is 4.74 Å². The molecule has 0 spiro atoms. The van der Waals surface area contributed by atoms with Gasteiger partial charge in [-0.1, -0.05) is 26.2 Å². The van der Waals surface area contributed by atoms with Gasteiger partial charge in [0.05, 0.1) is 11.5 Å². The third-order valence-electron chi connectivity index (χ3n) is 3.34. The molecular formula is C16H26N2O4S. The van der Waals surface area contributed by atoms with Crippen LogP contribution in [0.4, 0.5) is 0 Å². The van der Waals surface area contributed by atoms with E-state index in [0.717, 1.165) is 19.3 Å². The van der Waals surface area contributed by atoms with Gasteiger partial charge in [0.25, 0.3) is 5.91 Å². The second-order valence-corrected chi connectivity index (χ2v) is 7.00. The molecule has 6 nitrogen and oxygen atoms in total. The first-order chi connectivity index (χ1) is 11.0. The van der Waals surface area contributed by atoms with E-state index in [9.17, 15) is 13.2 Å². The zero-order valence-electron chi connectivity index (χ0n) is 13.8. The highest BCUT2D eigenvalue weighted by Crippen LogP contribution is 2.10. The van der Waals surface area contributed by atoms with Gasteiger partial charge >= 0.3 is 0 Å². The minimum absolute atomic E-state index is 0.132. The van der Waals surface area contributed by atoms with E-state index in [2.05, 4.69) is 17.0 Å². The molecule has 0 atom stereocenters. The number of rotatable bonds is 11. The van der Waals surface area contributed by atoms with Crippen molar-refractivity contribution in [1.82, 2.24) is 10.0 Å². The summed E-state index contributed by atoms with van der Waals surface area (Å²) in [5.74, 6) is -0.183. The van der Waals surface area contributed by atoms with E-state index in [1.54, 1.807) is 0 Å². The molecule has 0 aliphatic heterocycles. The van der Waals surface area contributed by atoms with Crippen LogP contribution in [0.1, 0.15) is 43.0 Å². The van der Waals surface area contributed by atoms with Crippen molar-refractivity contribution >= 4 is 15.9 Å². The van der Waals surface area contributed by atoms with Crippen LogP contribution in [-0.2, 0) is 14.8 Å². The first kappa shape index (κ1) is 19.6. The molecule has 2 N–H and O–H groups in total. The summed E-state index contributed by atoms with van der Waals surface area (Å²) in [6.07, 6.45) is 4.37. The average Bonchev–Trinajstić information content (AvgIpc) is 2.55. The van der Waals surface area contributed by atoms with Crippen molar-refractivity contribution < 1.29 is 17.9 Å². The van der Waals surface area contributed by atoms with E-state index in [0.29, 0.717) is 18.7 Å². The Labute approximate surface area is 138 Å². The first-order valence-electron chi connectivity index (χ1n) is 7.88. The quantitative estimate of drug-likeness (QED) is 0.602. The topological polar surface area (TPSA) is 84.5 Å². The van der Waals surface area contributed by atoms with Gasteiger partial charge in [0.1, 0.15) is 0 Å². The lowest BCUT2D eigenvalue weighted by Crippen LogP contribution is -2.27. The Morgan fingerprint density at radius 2 is 1.78 bits per heavy atom. The Morgan fingerprint density at radius 3 is 2.39 bits per heavy atom. The van der Waals surface area contributed by atoms with Crippen LogP contribution in [0.5, 0.6) is 0 Å².